The third-order valence-electron chi connectivity index (χ3n) is 11.9. The van der Waals surface area contributed by atoms with Crippen molar-refractivity contribution >= 4 is 58.3 Å². The number of para-hydroxylation sites is 4. The minimum atomic E-state index is 0.0710. The minimum Gasteiger partial charge on any atom is -0.376 e. The molecule has 52 heavy (non-hydrogen) atoms. The van der Waals surface area contributed by atoms with Crippen LogP contribution in [0, 0.1) is 0 Å². The molecule has 8 aromatic rings. The van der Waals surface area contributed by atoms with Crippen molar-refractivity contribution in [2.75, 3.05) is 9.62 Å². The second kappa shape index (κ2) is 10.5. The molecule has 12 rings (SSSR count). The van der Waals surface area contributed by atoms with Gasteiger partial charge in [0.15, 0.2) is 0 Å². The molecule has 0 atom stereocenters. The second-order valence-electron chi connectivity index (χ2n) is 14.4. The molecule has 238 valence electrons. The average molecular weight is 656 g/mol. The van der Waals surface area contributed by atoms with Gasteiger partial charge in [-0.3, -0.25) is 0 Å². The summed E-state index contributed by atoms with van der Waals surface area (Å²) in [5.41, 5.74) is 23.3. The highest BCUT2D eigenvalue weighted by molar-refractivity contribution is 6.93. The molecule has 0 unspecified atom stereocenters. The van der Waals surface area contributed by atoms with Crippen molar-refractivity contribution in [3.05, 3.63) is 182 Å². The lowest BCUT2D eigenvalue weighted by molar-refractivity contribution is 1.35. The van der Waals surface area contributed by atoms with Gasteiger partial charge in [0.1, 0.15) is 0 Å². The van der Waals surface area contributed by atoms with Gasteiger partial charge in [0.25, 0.3) is 0 Å². The summed E-state index contributed by atoms with van der Waals surface area (Å²) >= 11 is 0. The predicted octanol–water partition coefficient (Wildman–Crippen LogP) is 9.16. The molecule has 4 heteroatoms. The van der Waals surface area contributed by atoms with E-state index in [4.69, 9.17) is 0 Å². The summed E-state index contributed by atoms with van der Waals surface area (Å²) in [7, 11) is 0. The molecule has 8 aromatic carbocycles. The van der Waals surface area contributed by atoms with E-state index in [1.165, 1.54) is 100 Å². The Kier molecular flexibility index (Phi) is 5.70. The number of hydrogen-bond donors (Lipinski definition) is 0. The monoisotopic (exact) mass is 656 g/mol. The van der Waals surface area contributed by atoms with E-state index in [1.54, 1.807) is 0 Å². The molecule has 0 spiro atoms. The number of rotatable bonds is 1. The standard InChI is InChI=1S/C48H30B2N2/c1-7-19-41-33(13-1)36-15-3-9-21-45(36)51-48-24-12-6-18-39(48)40-29-31(26-28-43(40)49(41)51)32-25-27-35-38-17-5-11-23-47(38)52-46-22-10-4-16-37(46)34-14-2-8-20-42(34)50(52)44(35)30-32/h1-30H. The Bertz CT molecular complexity index is 2800. The SMILES string of the molecule is c1ccc2c(c1)B1c3cc(-c4ccc5c(c4)-c4ccccc4N4B5c5ccccc5-c5ccccc54)ccc3-c3ccccc3N1c1ccccc1-2. The molecule has 4 heterocycles. The van der Waals surface area contributed by atoms with Crippen LogP contribution in [0.4, 0.5) is 22.7 Å². The summed E-state index contributed by atoms with van der Waals surface area (Å²) in [6.45, 7) is 0.166. The highest BCUT2D eigenvalue weighted by atomic mass is 15.1. The molecule has 0 aliphatic carbocycles. The van der Waals surface area contributed by atoms with E-state index < -0.39 is 0 Å². The molecule has 0 amide bonds. The topological polar surface area (TPSA) is 6.48 Å². The average Bonchev–Trinajstić information content (AvgIpc) is 3.23. The lowest BCUT2D eigenvalue weighted by Gasteiger charge is -2.43. The van der Waals surface area contributed by atoms with Crippen molar-refractivity contribution in [2.45, 2.75) is 0 Å². The summed E-state index contributed by atoms with van der Waals surface area (Å²) in [5, 5.41) is 0. The van der Waals surface area contributed by atoms with Crippen molar-refractivity contribution in [3.8, 4) is 55.6 Å². The van der Waals surface area contributed by atoms with Crippen molar-refractivity contribution in [1.29, 1.82) is 0 Å². The fourth-order valence-corrected chi connectivity index (χ4v) is 9.74. The molecule has 4 aliphatic rings. The highest BCUT2D eigenvalue weighted by Crippen LogP contribution is 2.48. The van der Waals surface area contributed by atoms with Crippen LogP contribution in [-0.4, -0.2) is 13.7 Å². The fourth-order valence-electron chi connectivity index (χ4n) is 9.74. The van der Waals surface area contributed by atoms with Crippen LogP contribution in [0.25, 0.3) is 55.6 Å². The van der Waals surface area contributed by atoms with Gasteiger partial charge in [-0.15, -0.1) is 0 Å². The van der Waals surface area contributed by atoms with Gasteiger partial charge in [0.05, 0.1) is 0 Å². The number of hydrogen-bond acceptors (Lipinski definition) is 2. The van der Waals surface area contributed by atoms with Crippen molar-refractivity contribution in [2.24, 2.45) is 0 Å². The summed E-state index contributed by atoms with van der Waals surface area (Å²) in [6.07, 6.45) is 0. The second-order valence-corrected chi connectivity index (χ2v) is 14.4. The van der Waals surface area contributed by atoms with Crippen molar-refractivity contribution in [3.63, 3.8) is 0 Å². The van der Waals surface area contributed by atoms with Gasteiger partial charge in [-0.05, 0) is 85.6 Å². The van der Waals surface area contributed by atoms with Gasteiger partial charge in [0.2, 0.25) is 0 Å². The largest absolute Gasteiger partial charge is 0.376 e. The van der Waals surface area contributed by atoms with Crippen molar-refractivity contribution in [1.82, 2.24) is 0 Å². The number of anilines is 4. The van der Waals surface area contributed by atoms with Crippen LogP contribution in [0.5, 0.6) is 0 Å². The van der Waals surface area contributed by atoms with Gasteiger partial charge in [-0.25, -0.2) is 0 Å². The molecule has 0 aromatic heterocycles. The smallest absolute Gasteiger partial charge is 0.329 e. The lowest BCUT2D eigenvalue weighted by atomic mass is 9.43. The van der Waals surface area contributed by atoms with E-state index in [9.17, 15) is 0 Å². The van der Waals surface area contributed by atoms with Gasteiger partial charge in [-0.2, -0.15) is 0 Å². The number of nitrogens with zero attached hydrogens (tertiary/aromatic N) is 2. The van der Waals surface area contributed by atoms with Crippen LogP contribution in [0.1, 0.15) is 0 Å². The van der Waals surface area contributed by atoms with Crippen molar-refractivity contribution < 1.29 is 0 Å². The first-order valence-electron chi connectivity index (χ1n) is 18.3. The zero-order chi connectivity index (χ0) is 33.9. The molecule has 0 saturated carbocycles. The Morgan fingerprint density at radius 1 is 0.250 bits per heavy atom. The molecule has 0 saturated heterocycles. The zero-order valence-corrected chi connectivity index (χ0v) is 28.4. The highest BCUT2D eigenvalue weighted by Gasteiger charge is 2.44. The quantitative estimate of drug-likeness (QED) is 0.163. The van der Waals surface area contributed by atoms with Gasteiger partial charge < -0.3 is 9.62 Å². The Balaban J connectivity index is 1.06. The molecular formula is C48H30B2N2. The van der Waals surface area contributed by atoms with Gasteiger partial charge in [-0.1, -0.05) is 152 Å². The first kappa shape index (κ1) is 28.2. The van der Waals surface area contributed by atoms with E-state index >= 15 is 0 Å². The van der Waals surface area contributed by atoms with Crippen LogP contribution in [0.15, 0.2) is 182 Å². The maximum Gasteiger partial charge on any atom is 0.329 e. The third-order valence-corrected chi connectivity index (χ3v) is 11.9. The number of fused-ring (bicyclic) bond motifs is 22. The first-order valence-corrected chi connectivity index (χ1v) is 18.3. The maximum atomic E-state index is 2.58. The Morgan fingerprint density at radius 2 is 0.596 bits per heavy atom. The van der Waals surface area contributed by atoms with Crippen LogP contribution in [0.3, 0.4) is 0 Å². The molecule has 0 radical (unpaired) electrons. The van der Waals surface area contributed by atoms with Gasteiger partial charge in [0, 0.05) is 45.0 Å². The van der Waals surface area contributed by atoms with E-state index in [0.29, 0.717) is 0 Å². The zero-order valence-electron chi connectivity index (χ0n) is 28.4. The lowest BCUT2D eigenvalue weighted by Crippen LogP contribution is -2.59. The molecule has 0 bridgehead atoms. The number of benzene rings is 8. The Morgan fingerprint density at radius 3 is 1.12 bits per heavy atom. The van der Waals surface area contributed by atoms with Crippen LogP contribution in [-0.2, 0) is 0 Å². The maximum absolute atomic E-state index is 2.58. The van der Waals surface area contributed by atoms with Crippen LogP contribution in [0.2, 0.25) is 0 Å². The Hall–Kier alpha value is -6.51. The van der Waals surface area contributed by atoms with Crippen LogP contribution < -0.4 is 31.5 Å². The van der Waals surface area contributed by atoms with Crippen LogP contribution >= 0.6 is 0 Å². The molecule has 0 N–H and O–H groups in total. The summed E-state index contributed by atoms with van der Waals surface area (Å²) < 4.78 is 0. The normalized spacial score (nSPS) is 13.6. The molecule has 0 fully saturated rings. The minimum absolute atomic E-state index is 0.0710. The fraction of sp³-hybridized carbons (Fsp3) is 0. The summed E-state index contributed by atoms with van der Waals surface area (Å²) in [5.74, 6) is 0. The Labute approximate surface area is 304 Å². The molecule has 2 nitrogen and oxygen atoms in total. The molecule has 4 aliphatic heterocycles. The van der Waals surface area contributed by atoms with E-state index in [1.807, 2.05) is 0 Å². The molecular weight excluding hydrogens is 626 g/mol. The predicted molar refractivity (Wildman–Crippen MR) is 221 cm³/mol. The van der Waals surface area contributed by atoms with E-state index in [2.05, 4.69) is 192 Å². The third kappa shape index (κ3) is 3.71. The summed E-state index contributed by atoms with van der Waals surface area (Å²) in [4.78, 5) is 5.15. The first-order chi connectivity index (χ1) is 25.8. The van der Waals surface area contributed by atoms with E-state index in [0.717, 1.165) is 0 Å². The summed E-state index contributed by atoms with van der Waals surface area (Å²) in [6, 6.07) is 68.0. The van der Waals surface area contributed by atoms with Gasteiger partial charge >= 0.3 is 13.7 Å². The van der Waals surface area contributed by atoms with E-state index in [-0.39, 0.29) is 13.7 Å².